The van der Waals surface area contributed by atoms with E-state index in [9.17, 15) is 0 Å². The molecule has 0 spiro atoms. The Balaban J connectivity index is 1.95. The molecule has 0 radical (unpaired) electrons. The second kappa shape index (κ2) is 7.23. The number of hydrogen-bond donors (Lipinski definition) is 0. The van der Waals surface area contributed by atoms with Crippen LogP contribution in [0.2, 0.25) is 0 Å². The largest absolute Gasteiger partial charge is 0.378 e. The third kappa shape index (κ3) is 3.44. The second-order valence-electron chi connectivity index (χ2n) is 6.12. The molecule has 0 aliphatic heterocycles. The maximum Gasteiger partial charge on any atom is 0.186 e. The third-order valence-corrected chi connectivity index (χ3v) is 4.09. The van der Waals surface area contributed by atoms with Crippen LogP contribution >= 0.6 is 0 Å². The summed E-state index contributed by atoms with van der Waals surface area (Å²) in [5.74, 6) is 7.37. The molecule has 0 saturated heterocycles. The van der Waals surface area contributed by atoms with Crippen LogP contribution in [0.1, 0.15) is 31.2 Å². The Morgan fingerprint density at radius 1 is 1.00 bits per heavy atom. The summed E-state index contributed by atoms with van der Waals surface area (Å²) in [6.07, 6.45) is 2.29. The molecule has 3 heteroatoms. The number of nitrogens with zero attached hydrogens (tertiary/aromatic N) is 3. The highest BCUT2D eigenvalue weighted by Crippen LogP contribution is 2.17. The summed E-state index contributed by atoms with van der Waals surface area (Å²) in [4.78, 5) is 6.79. The first-order valence-corrected chi connectivity index (χ1v) is 8.43. The van der Waals surface area contributed by atoms with Crippen molar-refractivity contribution in [2.45, 2.75) is 26.3 Å². The minimum Gasteiger partial charge on any atom is -0.378 e. The van der Waals surface area contributed by atoms with Crippen molar-refractivity contribution in [3.8, 4) is 11.8 Å². The highest BCUT2D eigenvalue weighted by molar-refractivity contribution is 5.76. The van der Waals surface area contributed by atoms with Gasteiger partial charge in [0, 0.05) is 31.9 Å². The van der Waals surface area contributed by atoms with E-state index in [1.54, 1.807) is 0 Å². The van der Waals surface area contributed by atoms with Gasteiger partial charge in [0.2, 0.25) is 0 Å². The van der Waals surface area contributed by atoms with Gasteiger partial charge in [-0.15, -0.1) is 0 Å². The van der Waals surface area contributed by atoms with Crippen molar-refractivity contribution in [1.82, 2.24) is 9.55 Å². The Labute approximate surface area is 143 Å². The smallest absolute Gasteiger partial charge is 0.186 e. The van der Waals surface area contributed by atoms with E-state index >= 15 is 0 Å². The van der Waals surface area contributed by atoms with Gasteiger partial charge in [0.05, 0.1) is 11.0 Å². The number of aromatic nitrogens is 2. The molecule has 24 heavy (non-hydrogen) atoms. The molecular weight excluding hydrogens is 294 g/mol. The van der Waals surface area contributed by atoms with E-state index in [1.807, 2.05) is 20.2 Å². The van der Waals surface area contributed by atoms with Gasteiger partial charge in [0.15, 0.2) is 5.82 Å². The molecule has 122 valence electrons. The fourth-order valence-electron chi connectivity index (χ4n) is 2.68. The van der Waals surface area contributed by atoms with E-state index in [1.165, 1.54) is 11.2 Å². The van der Waals surface area contributed by atoms with Gasteiger partial charge in [0.25, 0.3) is 0 Å². The van der Waals surface area contributed by atoms with E-state index in [4.69, 9.17) is 4.98 Å². The number of anilines is 1. The summed E-state index contributed by atoms with van der Waals surface area (Å²) < 4.78 is 2.24. The Kier molecular flexibility index (Phi) is 4.86. The van der Waals surface area contributed by atoms with Crippen molar-refractivity contribution >= 4 is 16.7 Å². The van der Waals surface area contributed by atoms with Crippen LogP contribution in [0.25, 0.3) is 11.0 Å². The monoisotopic (exact) mass is 317 g/mol. The molecule has 0 amide bonds. The number of fused-ring (bicyclic) bond motifs is 1. The molecule has 3 nitrogen and oxygen atoms in total. The number of hydrogen-bond acceptors (Lipinski definition) is 2. The highest BCUT2D eigenvalue weighted by Gasteiger charge is 2.07. The van der Waals surface area contributed by atoms with Crippen LogP contribution in [0.5, 0.6) is 0 Å². The molecule has 0 fully saturated rings. The fourth-order valence-corrected chi connectivity index (χ4v) is 2.68. The molecule has 3 aromatic rings. The van der Waals surface area contributed by atoms with Crippen molar-refractivity contribution in [3.63, 3.8) is 0 Å². The van der Waals surface area contributed by atoms with Gasteiger partial charge in [-0.1, -0.05) is 31.4 Å². The summed E-state index contributed by atoms with van der Waals surface area (Å²) in [5.41, 5.74) is 4.37. The zero-order valence-electron chi connectivity index (χ0n) is 14.6. The van der Waals surface area contributed by atoms with Crippen LogP contribution in [-0.2, 0) is 6.54 Å². The van der Waals surface area contributed by atoms with Crippen molar-refractivity contribution in [1.29, 1.82) is 0 Å². The lowest BCUT2D eigenvalue weighted by molar-refractivity contribution is 0.640. The van der Waals surface area contributed by atoms with Crippen molar-refractivity contribution in [2.24, 2.45) is 0 Å². The van der Waals surface area contributed by atoms with Gasteiger partial charge in [-0.3, -0.25) is 0 Å². The van der Waals surface area contributed by atoms with E-state index in [2.05, 4.69) is 70.7 Å². The first-order valence-electron chi connectivity index (χ1n) is 8.43. The Hall–Kier alpha value is -2.73. The molecule has 1 aromatic heterocycles. The zero-order valence-corrected chi connectivity index (χ0v) is 14.6. The minimum absolute atomic E-state index is 0.848. The topological polar surface area (TPSA) is 21.1 Å². The number of imidazole rings is 1. The lowest BCUT2D eigenvalue weighted by Crippen LogP contribution is -2.07. The summed E-state index contributed by atoms with van der Waals surface area (Å²) in [6, 6.07) is 16.5. The van der Waals surface area contributed by atoms with Crippen LogP contribution < -0.4 is 4.90 Å². The number of unbranched alkanes of at least 4 members (excludes halogenated alkanes) is 1. The van der Waals surface area contributed by atoms with E-state index in [0.29, 0.717) is 0 Å². The van der Waals surface area contributed by atoms with Crippen LogP contribution in [0, 0.1) is 11.8 Å². The number of aryl methyl sites for hydroxylation is 1. The second-order valence-corrected chi connectivity index (χ2v) is 6.12. The summed E-state index contributed by atoms with van der Waals surface area (Å²) >= 11 is 0. The normalized spacial score (nSPS) is 10.5. The fraction of sp³-hybridized carbons (Fsp3) is 0.286. The van der Waals surface area contributed by atoms with Gasteiger partial charge < -0.3 is 9.47 Å². The molecule has 3 rings (SSSR count). The lowest BCUT2D eigenvalue weighted by Gasteiger charge is -2.11. The average molecular weight is 317 g/mol. The molecule has 1 heterocycles. The predicted octanol–water partition coefficient (Wildman–Crippen LogP) is 4.30. The number of benzene rings is 2. The summed E-state index contributed by atoms with van der Waals surface area (Å²) in [5, 5.41) is 0. The Morgan fingerprint density at radius 2 is 1.75 bits per heavy atom. The molecule has 0 atom stereocenters. The maximum absolute atomic E-state index is 4.71. The van der Waals surface area contributed by atoms with Crippen LogP contribution in [0.15, 0.2) is 48.5 Å². The van der Waals surface area contributed by atoms with E-state index < -0.39 is 0 Å². The van der Waals surface area contributed by atoms with Gasteiger partial charge >= 0.3 is 0 Å². The maximum atomic E-state index is 4.71. The van der Waals surface area contributed by atoms with E-state index in [0.717, 1.165) is 36.3 Å². The van der Waals surface area contributed by atoms with Crippen LogP contribution in [0.3, 0.4) is 0 Å². The van der Waals surface area contributed by atoms with Crippen molar-refractivity contribution in [3.05, 3.63) is 59.9 Å². The quantitative estimate of drug-likeness (QED) is 0.669. The standard InChI is InChI=1S/C21H23N3/c1-4-5-16-24-20-9-7-6-8-19(20)22-21(24)15-12-17-10-13-18(14-11-17)23(2)3/h6-11,13-14H,4-5,16H2,1-3H3. The predicted molar refractivity (Wildman–Crippen MR) is 101 cm³/mol. The Bertz CT molecular complexity index is 877. The zero-order chi connectivity index (χ0) is 16.9. The third-order valence-electron chi connectivity index (χ3n) is 4.09. The highest BCUT2D eigenvalue weighted by atomic mass is 15.1. The minimum atomic E-state index is 0.848. The number of para-hydroxylation sites is 2. The number of rotatable bonds is 4. The van der Waals surface area contributed by atoms with Crippen molar-refractivity contribution in [2.75, 3.05) is 19.0 Å². The molecule has 0 saturated carbocycles. The molecule has 0 N–H and O–H groups in total. The molecule has 2 aromatic carbocycles. The van der Waals surface area contributed by atoms with Gasteiger partial charge in [-0.05, 0) is 48.7 Å². The SMILES string of the molecule is CCCCn1c(C#Cc2ccc(N(C)C)cc2)nc2ccccc21. The molecule has 0 unspecified atom stereocenters. The molecule has 0 bridgehead atoms. The van der Waals surface area contributed by atoms with Crippen molar-refractivity contribution < 1.29 is 0 Å². The van der Waals surface area contributed by atoms with E-state index in [-0.39, 0.29) is 0 Å². The first kappa shape index (κ1) is 16.1. The van der Waals surface area contributed by atoms with Crippen LogP contribution in [0.4, 0.5) is 5.69 Å². The summed E-state index contributed by atoms with van der Waals surface area (Å²) in [7, 11) is 4.08. The van der Waals surface area contributed by atoms with Gasteiger partial charge in [0.1, 0.15) is 0 Å². The van der Waals surface area contributed by atoms with Gasteiger partial charge in [-0.25, -0.2) is 4.98 Å². The average Bonchev–Trinajstić information content (AvgIpc) is 2.96. The Morgan fingerprint density at radius 3 is 2.46 bits per heavy atom. The molecule has 0 aliphatic rings. The lowest BCUT2D eigenvalue weighted by atomic mass is 10.2. The first-order chi connectivity index (χ1) is 11.7. The molecule has 0 aliphatic carbocycles. The van der Waals surface area contributed by atoms with Gasteiger partial charge in [-0.2, -0.15) is 0 Å². The summed E-state index contributed by atoms with van der Waals surface area (Å²) in [6.45, 7) is 3.16. The van der Waals surface area contributed by atoms with Crippen LogP contribution in [-0.4, -0.2) is 23.6 Å². The molecular formula is C21H23N3.